The van der Waals surface area contributed by atoms with Crippen molar-refractivity contribution in [2.75, 3.05) is 13.7 Å². The molecule has 1 aromatic carbocycles. The second kappa shape index (κ2) is 7.59. The van der Waals surface area contributed by atoms with Gasteiger partial charge in [-0.3, -0.25) is 9.48 Å². The summed E-state index contributed by atoms with van der Waals surface area (Å²) in [5, 5.41) is 3.98. The maximum atomic E-state index is 12.1. The van der Waals surface area contributed by atoms with Gasteiger partial charge >= 0.3 is 5.97 Å². The number of carbonyl (C=O) groups excluding carboxylic acids is 2. The number of ether oxygens (including phenoxy) is 2. The van der Waals surface area contributed by atoms with Crippen molar-refractivity contribution in [1.29, 1.82) is 0 Å². The van der Waals surface area contributed by atoms with Crippen LogP contribution in [0.15, 0.2) is 30.6 Å². The quantitative estimate of drug-likeness (QED) is 0.463. The number of nitrogens with zero attached hydrogens (tertiary/aromatic N) is 2. The van der Waals surface area contributed by atoms with Crippen molar-refractivity contribution < 1.29 is 19.1 Å². The van der Waals surface area contributed by atoms with Crippen LogP contribution >= 0.6 is 0 Å². The number of esters is 1. The number of hydrogen-bond acceptors (Lipinski definition) is 5. The summed E-state index contributed by atoms with van der Waals surface area (Å²) in [5.74, 6) is 0.111. The van der Waals surface area contributed by atoms with Gasteiger partial charge in [0.1, 0.15) is 5.75 Å². The van der Waals surface area contributed by atoms with Gasteiger partial charge in [0.05, 0.1) is 18.9 Å². The van der Waals surface area contributed by atoms with Crippen molar-refractivity contribution in [1.82, 2.24) is 9.78 Å². The van der Waals surface area contributed by atoms with Gasteiger partial charge in [0.2, 0.25) is 0 Å². The highest BCUT2D eigenvalue weighted by Gasteiger charge is 2.09. The molecule has 0 saturated carbocycles. The van der Waals surface area contributed by atoms with Crippen LogP contribution in [0.25, 0.3) is 6.08 Å². The molecule has 0 amide bonds. The zero-order valence-electron chi connectivity index (χ0n) is 14.2. The number of rotatable bonds is 6. The van der Waals surface area contributed by atoms with Crippen LogP contribution in [0.5, 0.6) is 5.75 Å². The SMILES string of the molecule is COC(=O)COc1c(C)cc(/C=C/C(=O)c2cnn(C)c2)cc1C. The Labute approximate surface area is 140 Å². The summed E-state index contributed by atoms with van der Waals surface area (Å²) < 4.78 is 11.6. The molecule has 6 nitrogen and oxygen atoms in total. The molecule has 0 aliphatic carbocycles. The van der Waals surface area contributed by atoms with E-state index in [0.29, 0.717) is 11.3 Å². The highest BCUT2D eigenvalue weighted by atomic mass is 16.6. The number of benzene rings is 1. The van der Waals surface area contributed by atoms with E-state index in [2.05, 4.69) is 9.84 Å². The molecule has 0 aliphatic heterocycles. The molecule has 1 heterocycles. The van der Waals surface area contributed by atoms with Gasteiger partial charge in [-0.1, -0.05) is 6.08 Å². The first kappa shape index (κ1) is 17.5. The molecule has 0 fully saturated rings. The Morgan fingerprint density at radius 1 is 1.25 bits per heavy atom. The van der Waals surface area contributed by atoms with Crippen molar-refractivity contribution in [3.8, 4) is 5.75 Å². The van der Waals surface area contributed by atoms with Crippen LogP contribution in [0.4, 0.5) is 0 Å². The van der Waals surface area contributed by atoms with Gasteiger partial charge in [-0.05, 0) is 48.7 Å². The maximum absolute atomic E-state index is 12.1. The second-order valence-corrected chi connectivity index (χ2v) is 5.45. The van der Waals surface area contributed by atoms with Crippen LogP contribution in [0.3, 0.4) is 0 Å². The van der Waals surface area contributed by atoms with Crippen molar-refractivity contribution in [2.45, 2.75) is 13.8 Å². The zero-order chi connectivity index (χ0) is 17.7. The molecule has 0 unspecified atom stereocenters. The predicted molar refractivity (Wildman–Crippen MR) is 90.0 cm³/mol. The molecule has 24 heavy (non-hydrogen) atoms. The van der Waals surface area contributed by atoms with E-state index in [0.717, 1.165) is 16.7 Å². The summed E-state index contributed by atoms with van der Waals surface area (Å²) in [6.45, 7) is 3.65. The number of allylic oxidation sites excluding steroid dienone is 1. The van der Waals surface area contributed by atoms with E-state index in [-0.39, 0.29) is 12.4 Å². The van der Waals surface area contributed by atoms with Crippen molar-refractivity contribution in [2.24, 2.45) is 7.05 Å². The second-order valence-electron chi connectivity index (χ2n) is 5.45. The van der Waals surface area contributed by atoms with E-state index in [9.17, 15) is 9.59 Å². The molecule has 126 valence electrons. The summed E-state index contributed by atoms with van der Waals surface area (Å²) in [6.07, 6.45) is 6.47. The smallest absolute Gasteiger partial charge is 0.343 e. The Morgan fingerprint density at radius 2 is 1.92 bits per heavy atom. The lowest BCUT2D eigenvalue weighted by Gasteiger charge is -2.12. The van der Waals surface area contributed by atoms with Gasteiger partial charge < -0.3 is 9.47 Å². The molecule has 0 bridgehead atoms. The fourth-order valence-corrected chi connectivity index (χ4v) is 2.31. The minimum absolute atomic E-state index is 0.107. The van der Waals surface area contributed by atoms with Crippen molar-refractivity contribution >= 4 is 17.8 Å². The molecule has 0 radical (unpaired) electrons. The van der Waals surface area contributed by atoms with Gasteiger partial charge in [0.25, 0.3) is 0 Å². The molecule has 1 aromatic heterocycles. The highest BCUT2D eigenvalue weighted by molar-refractivity contribution is 6.06. The topological polar surface area (TPSA) is 70.4 Å². The van der Waals surface area contributed by atoms with Gasteiger partial charge in [0, 0.05) is 13.2 Å². The summed E-state index contributed by atoms with van der Waals surface area (Å²) in [6, 6.07) is 3.79. The Hall–Kier alpha value is -2.89. The number of hydrogen-bond donors (Lipinski definition) is 0. The fourth-order valence-electron chi connectivity index (χ4n) is 2.31. The van der Waals surface area contributed by atoms with Crippen LogP contribution in [0.1, 0.15) is 27.0 Å². The van der Waals surface area contributed by atoms with E-state index in [1.807, 2.05) is 26.0 Å². The average molecular weight is 328 g/mol. The first-order valence-electron chi connectivity index (χ1n) is 7.42. The number of aromatic nitrogens is 2. The lowest BCUT2D eigenvalue weighted by molar-refractivity contribution is -0.142. The summed E-state index contributed by atoms with van der Waals surface area (Å²) >= 11 is 0. The Bertz CT molecular complexity index is 767. The molecule has 2 aromatic rings. The number of carbonyl (C=O) groups is 2. The monoisotopic (exact) mass is 328 g/mol. The molecule has 0 N–H and O–H groups in total. The molecular formula is C18H20N2O4. The van der Waals surface area contributed by atoms with Crippen LogP contribution in [0, 0.1) is 13.8 Å². The number of ketones is 1. The van der Waals surface area contributed by atoms with Gasteiger partial charge in [-0.25, -0.2) is 4.79 Å². The number of methoxy groups -OCH3 is 1. The highest BCUT2D eigenvalue weighted by Crippen LogP contribution is 2.25. The van der Waals surface area contributed by atoms with Crippen LogP contribution < -0.4 is 4.74 Å². The Morgan fingerprint density at radius 3 is 2.46 bits per heavy atom. The van der Waals surface area contributed by atoms with Crippen molar-refractivity contribution in [3.63, 3.8) is 0 Å². The molecular weight excluding hydrogens is 308 g/mol. The van der Waals surface area contributed by atoms with E-state index in [4.69, 9.17) is 4.74 Å². The van der Waals surface area contributed by atoms with Crippen LogP contribution in [-0.4, -0.2) is 35.2 Å². The lowest BCUT2D eigenvalue weighted by atomic mass is 10.0. The molecule has 6 heteroatoms. The first-order valence-corrected chi connectivity index (χ1v) is 7.42. The molecule has 0 saturated heterocycles. The Balaban J connectivity index is 2.13. The molecule has 0 spiro atoms. The normalized spacial score (nSPS) is 10.8. The third-order valence-electron chi connectivity index (χ3n) is 3.46. The van der Waals surface area contributed by atoms with Gasteiger partial charge in [-0.2, -0.15) is 5.10 Å². The third kappa shape index (κ3) is 4.32. The van der Waals surface area contributed by atoms with Crippen LogP contribution in [0.2, 0.25) is 0 Å². The molecule has 0 atom stereocenters. The molecule has 0 aliphatic rings. The largest absolute Gasteiger partial charge is 0.481 e. The average Bonchev–Trinajstić information content (AvgIpc) is 2.98. The van der Waals surface area contributed by atoms with Crippen molar-refractivity contribution in [3.05, 3.63) is 52.9 Å². The van der Waals surface area contributed by atoms with Gasteiger partial charge in [-0.15, -0.1) is 0 Å². The molecule has 2 rings (SSSR count). The van der Waals surface area contributed by atoms with E-state index in [1.165, 1.54) is 19.4 Å². The standard InChI is InChI=1S/C18H20N2O4/c1-12-7-14(5-6-16(21)15-9-19-20(3)10-15)8-13(2)18(12)24-11-17(22)23-4/h5-10H,11H2,1-4H3/b6-5+. The van der Waals surface area contributed by atoms with Gasteiger partial charge in [0.15, 0.2) is 12.4 Å². The van der Waals surface area contributed by atoms with E-state index >= 15 is 0 Å². The summed E-state index contributed by atoms with van der Waals surface area (Å²) in [4.78, 5) is 23.2. The van der Waals surface area contributed by atoms with E-state index in [1.54, 1.807) is 24.0 Å². The number of aryl methyl sites for hydroxylation is 3. The minimum Gasteiger partial charge on any atom is -0.481 e. The zero-order valence-corrected chi connectivity index (χ0v) is 14.2. The maximum Gasteiger partial charge on any atom is 0.343 e. The minimum atomic E-state index is -0.431. The van der Waals surface area contributed by atoms with E-state index < -0.39 is 5.97 Å². The lowest BCUT2D eigenvalue weighted by Crippen LogP contribution is -2.13. The predicted octanol–water partition coefficient (Wildman–Crippen LogP) is 2.48. The summed E-state index contributed by atoms with van der Waals surface area (Å²) in [7, 11) is 3.08. The van der Waals surface area contributed by atoms with Crippen LogP contribution in [-0.2, 0) is 16.6 Å². The third-order valence-corrected chi connectivity index (χ3v) is 3.46. The fraction of sp³-hybridized carbons (Fsp3) is 0.278. The summed E-state index contributed by atoms with van der Waals surface area (Å²) in [5.41, 5.74) is 3.19. The Kier molecular flexibility index (Phi) is 5.52. The first-order chi connectivity index (χ1) is 11.4.